The molecule has 0 spiro atoms. The molecule has 1 aliphatic rings. The van der Waals surface area contributed by atoms with Gasteiger partial charge in [0.25, 0.3) is 5.91 Å². The van der Waals surface area contributed by atoms with Crippen molar-refractivity contribution in [3.05, 3.63) is 53.6 Å². The Kier molecular flexibility index (Phi) is 5.95. The maximum Gasteiger partial charge on any atom is 0.255 e. The van der Waals surface area contributed by atoms with E-state index in [-0.39, 0.29) is 28.5 Å². The molecule has 9 heteroatoms. The largest absolute Gasteiger partial charge is 0.492 e. The van der Waals surface area contributed by atoms with Crippen molar-refractivity contribution in [1.29, 1.82) is 0 Å². The van der Waals surface area contributed by atoms with E-state index >= 15 is 0 Å². The fraction of sp³-hybridized carbons (Fsp3) is 0.316. The lowest BCUT2D eigenvalue weighted by molar-refractivity contribution is 0.102. The summed E-state index contributed by atoms with van der Waals surface area (Å²) in [6.45, 7) is 2.80. The van der Waals surface area contributed by atoms with Crippen LogP contribution >= 0.6 is 0 Å². The van der Waals surface area contributed by atoms with Gasteiger partial charge in [-0.1, -0.05) is 0 Å². The highest BCUT2D eigenvalue weighted by Crippen LogP contribution is 2.30. The number of halogens is 2. The van der Waals surface area contributed by atoms with Crippen LogP contribution in [0.4, 0.5) is 14.5 Å². The number of hydrogen-bond acceptors (Lipinski definition) is 4. The van der Waals surface area contributed by atoms with Crippen molar-refractivity contribution >= 4 is 21.6 Å². The highest BCUT2D eigenvalue weighted by atomic mass is 32.2. The fourth-order valence-electron chi connectivity index (χ4n) is 2.98. The predicted molar refractivity (Wildman–Crippen MR) is 99.9 cm³/mol. The highest BCUT2D eigenvalue weighted by molar-refractivity contribution is 7.89. The summed E-state index contributed by atoms with van der Waals surface area (Å²) in [5.74, 6) is -2.26. The Hall–Kier alpha value is -2.52. The molecular weight excluding hydrogens is 390 g/mol. The molecule has 1 fully saturated rings. The van der Waals surface area contributed by atoms with Crippen molar-refractivity contribution in [2.24, 2.45) is 0 Å². The number of rotatable bonds is 6. The van der Waals surface area contributed by atoms with E-state index in [4.69, 9.17) is 4.74 Å². The van der Waals surface area contributed by atoms with Crippen LogP contribution in [-0.2, 0) is 10.0 Å². The van der Waals surface area contributed by atoms with Crippen molar-refractivity contribution in [3.63, 3.8) is 0 Å². The maximum atomic E-state index is 13.8. The molecule has 1 aliphatic heterocycles. The molecule has 1 saturated heterocycles. The Labute approximate surface area is 162 Å². The van der Waals surface area contributed by atoms with Gasteiger partial charge in [-0.2, -0.15) is 4.31 Å². The lowest BCUT2D eigenvalue weighted by Crippen LogP contribution is -2.28. The average Bonchev–Trinajstić information content (AvgIpc) is 3.20. The van der Waals surface area contributed by atoms with Crippen LogP contribution in [0.3, 0.4) is 0 Å². The molecule has 28 heavy (non-hydrogen) atoms. The van der Waals surface area contributed by atoms with Gasteiger partial charge in [-0.05, 0) is 50.1 Å². The number of benzene rings is 2. The maximum absolute atomic E-state index is 13.8. The molecule has 0 saturated carbocycles. The number of ether oxygens (including phenoxy) is 1. The lowest BCUT2D eigenvalue weighted by Gasteiger charge is -2.19. The minimum absolute atomic E-state index is 0.0185. The van der Waals surface area contributed by atoms with Crippen molar-refractivity contribution in [2.45, 2.75) is 24.7 Å². The highest BCUT2D eigenvalue weighted by Gasteiger charge is 2.31. The molecule has 0 atom stereocenters. The SMILES string of the molecule is CCOc1ccc(C(=O)Nc2ccc(F)cc2F)cc1S(=O)(=O)N1CCCC1. The molecule has 1 amide bonds. The molecule has 1 N–H and O–H groups in total. The molecule has 0 aromatic heterocycles. The van der Waals surface area contributed by atoms with Crippen molar-refractivity contribution in [2.75, 3.05) is 25.0 Å². The third-order valence-corrected chi connectivity index (χ3v) is 6.29. The van der Waals surface area contributed by atoms with Gasteiger partial charge in [-0.15, -0.1) is 0 Å². The minimum Gasteiger partial charge on any atom is -0.492 e. The summed E-state index contributed by atoms with van der Waals surface area (Å²) in [6, 6.07) is 6.78. The van der Waals surface area contributed by atoms with Gasteiger partial charge < -0.3 is 10.1 Å². The number of nitrogens with zero attached hydrogens (tertiary/aromatic N) is 1. The molecule has 2 aromatic carbocycles. The Morgan fingerprint density at radius 3 is 2.50 bits per heavy atom. The quantitative estimate of drug-likeness (QED) is 0.792. The Bertz CT molecular complexity index is 989. The van der Waals surface area contributed by atoms with E-state index < -0.39 is 27.6 Å². The zero-order valence-corrected chi connectivity index (χ0v) is 16.1. The van der Waals surface area contributed by atoms with Crippen LogP contribution in [0.5, 0.6) is 5.75 Å². The average molecular weight is 410 g/mol. The van der Waals surface area contributed by atoms with Gasteiger partial charge in [-0.3, -0.25) is 4.79 Å². The van der Waals surface area contributed by atoms with Gasteiger partial charge in [0.05, 0.1) is 12.3 Å². The summed E-state index contributed by atoms with van der Waals surface area (Å²) in [7, 11) is -3.83. The van der Waals surface area contributed by atoms with Crippen LogP contribution in [0.25, 0.3) is 0 Å². The van der Waals surface area contributed by atoms with E-state index in [0.717, 1.165) is 25.0 Å². The molecule has 3 rings (SSSR count). The van der Waals surface area contributed by atoms with Gasteiger partial charge in [0.2, 0.25) is 10.0 Å². The number of hydrogen-bond donors (Lipinski definition) is 1. The van der Waals surface area contributed by atoms with Crippen LogP contribution in [0.1, 0.15) is 30.1 Å². The van der Waals surface area contributed by atoms with Crippen LogP contribution < -0.4 is 10.1 Å². The summed E-state index contributed by atoms with van der Waals surface area (Å²) >= 11 is 0. The number of carbonyl (C=O) groups is 1. The molecule has 1 heterocycles. The zero-order valence-electron chi connectivity index (χ0n) is 15.2. The van der Waals surface area contributed by atoms with Crippen LogP contribution in [0.2, 0.25) is 0 Å². The van der Waals surface area contributed by atoms with E-state index in [1.807, 2.05) is 0 Å². The Morgan fingerprint density at radius 2 is 1.86 bits per heavy atom. The minimum atomic E-state index is -3.83. The lowest BCUT2D eigenvalue weighted by atomic mass is 10.2. The Balaban J connectivity index is 1.95. The van der Waals surface area contributed by atoms with E-state index in [1.54, 1.807) is 6.92 Å². The van der Waals surface area contributed by atoms with Gasteiger partial charge in [0, 0.05) is 24.7 Å². The van der Waals surface area contributed by atoms with E-state index in [9.17, 15) is 22.0 Å². The molecule has 0 aliphatic carbocycles. The predicted octanol–water partition coefficient (Wildman–Crippen LogP) is 3.40. The standard InChI is InChI=1S/C19H20F2N2O4S/c1-2-27-17-8-5-13(11-18(17)28(25,26)23-9-3-4-10-23)19(24)22-16-7-6-14(20)12-15(16)21/h5-8,11-12H,2-4,9-10H2,1H3,(H,22,24). The molecule has 0 radical (unpaired) electrons. The van der Waals surface area contributed by atoms with Gasteiger partial charge in [0.1, 0.15) is 22.3 Å². The second-order valence-electron chi connectivity index (χ2n) is 6.28. The number of anilines is 1. The third-order valence-electron chi connectivity index (χ3n) is 4.37. The summed E-state index contributed by atoms with van der Waals surface area (Å²) in [6.07, 6.45) is 1.54. The second-order valence-corrected chi connectivity index (χ2v) is 8.19. The molecular formula is C19H20F2N2O4S. The van der Waals surface area contributed by atoms with E-state index in [2.05, 4.69) is 5.32 Å². The van der Waals surface area contributed by atoms with Crippen molar-refractivity contribution in [1.82, 2.24) is 4.31 Å². The van der Waals surface area contributed by atoms with Crippen LogP contribution in [0.15, 0.2) is 41.3 Å². The third kappa shape index (κ3) is 4.15. The van der Waals surface area contributed by atoms with Crippen molar-refractivity contribution < 1.29 is 26.7 Å². The summed E-state index contributed by atoms with van der Waals surface area (Å²) in [5, 5.41) is 2.32. The first kappa shape index (κ1) is 20.2. The number of carbonyl (C=O) groups excluding carboxylic acids is 1. The molecule has 6 nitrogen and oxygen atoms in total. The van der Waals surface area contributed by atoms with E-state index in [1.165, 1.54) is 22.5 Å². The summed E-state index contributed by atoms with van der Waals surface area (Å²) < 4.78 is 59.5. The first-order valence-corrected chi connectivity index (χ1v) is 10.3. The fourth-order valence-corrected chi connectivity index (χ4v) is 4.65. The number of amides is 1. The zero-order chi connectivity index (χ0) is 20.3. The molecule has 0 bridgehead atoms. The topological polar surface area (TPSA) is 75.7 Å². The monoisotopic (exact) mass is 410 g/mol. The first-order valence-electron chi connectivity index (χ1n) is 8.86. The van der Waals surface area contributed by atoms with Crippen LogP contribution in [0, 0.1) is 11.6 Å². The Morgan fingerprint density at radius 1 is 1.14 bits per heavy atom. The van der Waals surface area contributed by atoms with E-state index in [0.29, 0.717) is 19.2 Å². The van der Waals surface area contributed by atoms with Crippen molar-refractivity contribution in [3.8, 4) is 5.75 Å². The normalized spacial score (nSPS) is 14.8. The van der Waals surface area contributed by atoms with Gasteiger partial charge in [-0.25, -0.2) is 17.2 Å². The molecule has 150 valence electrons. The summed E-state index contributed by atoms with van der Waals surface area (Å²) in [4.78, 5) is 12.4. The smallest absolute Gasteiger partial charge is 0.255 e. The number of sulfonamides is 1. The van der Waals surface area contributed by atoms with Crippen LogP contribution in [-0.4, -0.2) is 38.3 Å². The number of nitrogens with one attached hydrogen (secondary N) is 1. The molecule has 2 aromatic rings. The second kappa shape index (κ2) is 8.24. The first-order chi connectivity index (χ1) is 13.3. The summed E-state index contributed by atoms with van der Waals surface area (Å²) in [5.41, 5.74) is -0.186. The van der Waals surface area contributed by atoms with Gasteiger partial charge in [0.15, 0.2) is 0 Å². The van der Waals surface area contributed by atoms with Gasteiger partial charge >= 0.3 is 0 Å². The molecule has 0 unspecified atom stereocenters.